The Labute approximate surface area is 209 Å². The van der Waals surface area contributed by atoms with Crippen molar-refractivity contribution in [2.75, 3.05) is 21.3 Å². The Hall–Kier alpha value is -3.32. The van der Waals surface area contributed by atoms with E-state index < -0.39 is 17.6 Å². The summed E-state index contributed by atoms with van der Waals surface area (Å²) >= 11 is 0. The molecular weight excluding hydrogens is 486 g/mol. The monoisotopic (exact) mass is 512 g/mol. The Morgan fingerprint density at radius 3 is 1.97 bits per heavy atom. The van der Waals surface area contributed by atoms with Crippen LogP contribution in [0.3, 0.4) is 0 Å². The van der Waals surface area contributed by atoms with Gasteiger partial charge in [-0.3, -0.25) is 4.99 Å². The zero-order chi connectivity index (χ0) is 24.0. The van der Waals surface area contributed by atoms with E-state index in [1.807, 2.05) is 12.1 Å². The van der Waals surface area contributed by atoms with Gasteiger partial charge in [0.2, 0.25) is 0 Å². The summed E-state index contributed by atoms with van der Waals surface area (Å²) in [6.45, 7) is 1.75. The van der Waals surface area contributed by atoms with Gasteiger partial charge < -0.3 is 24.4 Å². The number of rotatable bonds is 8. The van der Waals surface area contributed by atoms with E-state index >= 15 is 0 Å². The minimum atomic E-state index is -1.63. The number of aliphatic imine (C=N–C) groups is 1. The number of hydrogen-bond donors (Lipinski definition) is 2. The molecule has 3 rings (SSSR count). The number of phenolic OH excluding ortho intramolecular Hbond substituents is 1. The molecule has 1 atom stereocenters. The van der Waals surface area contributed by atoms with Gasteiger partial charge >= 0.3 is 5.97 Å². The number of carbonyl (C=O) groups excluding carboxylic acids is 1. The zero-order valence-electron chi connectivity index (χ0n) is 19.3. The third kappa shape index (κ3) is 5.25. The van der Waals surface area contributed by atoms with Crippen LogP contribution in [0, 0.1) is 0 Å². The van der Waals surface area contributed by atoms with Crippen LogP contribution in [-0.2, 0) is 27.4 Å². The minimum Gasteiger partial charge on any atom is -0.507 e. The fourth-order valence-electron chi connectivity index (χ4n) is 3.72. The van der Waals surface area contributed by atoms with Gasteiger partial charge in [0.25, 0.3) is 0 Å². The maximum absolute atomic E-state index is 12.2. The molecule has 0 unspecified atom stereocenters. The quantitative estimate of drug-likeness (QED) is 0.269. The van der Waals surface area contributed by atoms with Crippen LogP contribution >= 0.6 is 0 Å². The van der Waals surface area contributed by atoms with E-state index in [2.05, 4.69) is 4.99 Å². The number of nitrogens with zero attached hydrogens (tertiary/aromatic N) is 1. The van der Waals surface area contributed by atoms with Gasteiger partial charge in [0.1, 0.15) is 22.8 Å². The average Bonchev–Trinajstić information content (AvgIpc) is 2.86. The van der Waals surface area contributed by atoms with Crippen LogP contribution in [0.4, 0.5) is 0 Å². The summed E-state index contributed by atoms with van der Waals surface area (Å²) < 4.78 is 15.8. The molecule has 3 aromatic carbocycles. The van der Waals surface area contributed by atoms with Crippen LogP contribution in [0.25, 0.3) is 0 Å². The third-order valence-corrected chi connectivity index (χ3v) is 5.53. The van der Waals surface area contributed by atoms with Crippen molar-refractivity contribution >= 4 is 12.2 Å². The van der Waals surface area contributed by atoms with Crippen LogP contribution in [-0.4, -0.2) is 49.8 Å². The molecule has 0 saturated carbocycles. The number of phenols is 1. The molecule has 0 aliphatic rings. The molecule has 0 saturated heterocycles. The second-order valence-electron chi connectivity index (χ2n) is 7.39. The van der Waals surface area contributed by atoms with Crippen LogP contribution in [0.15, 0.2) is 71.7 Å². The van der Waals surface area contributed by atoms with E-state index in [9.17, 15) is 15.0 Å². The molecule has 0 spiro atoms. The van der Waals surface area contributed by atoms with Gasteiger partial charge in [-0.05, 0) is 37.3 Å². The predicted octanol–water partition coefficient (Wildman–Crippen LogP) is 3.94. The van der Waals surface area contributed by atoms with Crippen molar-refractivity contribution in [3.8, 4) is 17.2 Å². The van der Waals surface area contributed by atoms with Crippen molar-refractivity contribution in [1.29, 1.82) is 0 Å². The molecule has 3 aromatic rings. The Balaban J connectivity index is 0.00000408. The number of ether oxygens (including phenoxy) is 3. The molecule has 0 aromatic heterocycles. The molecule has 0 amide bonds. The number of aliphatic hydroxyl groups is 1. The maximum atomic E-state index is 12.2. The van der Waals surface area contributed by atoms with Crippen LogP contribution in [0.1, 0.15) is 34.0 Å². The smallest absolute Gasteiger partial charge is 0.337 e. The third-order valence-electron chi connectivity index (χ3n) is 5.53. The van der Waals surface area contributed by atoms with E-state index in [0.29, 0.717) is 28.2 Å². The fourth-order valence-corrected chi connectivity index (χ4v) is 3.72. The van der Waals surface area contributed by atoms with Gasteiger partial charge in [-0.25, -0.2) is 4.79 Å². The zero-order valence-corrected chi connectivity index (χ0v) is 20.2. The molecule has 1 radical (unpaired) electrons. The molecule has 34 heavy (non-hydrogen) atoms. The molecule has 0 fully saturated rings. The predicted molar refractivity (Wildman–Crippen MR) is 125 cm³/mol. The molecule has 0 aliphatic heterocycles. The normalized spacial score (nSPS) is 12.0. The van der Waals surface area contributed by atoms with E-state index in [0.717, 1.165) is 0 Å². The Kier molecular flexibility index (Phi) is 9.27. The molecule has 0 aliphatic carbocycles. The largest absolute Gasteiger partial charge is 0.507 e. The molecule has 0 bridgehead atoms. The maximum Gasteiger partial charge on any atom is 0.337 e. The molecule has 7 nitrogen and oxygen atoms in total. The van der Waals surface area contributed by atoms with Crippen molar-refractivity contribution in [3.05, 3.63) is 89.0 Å². The van der Waals surface area contributed by atoms with Crippen LogP contribution in [0.2, 0.25) is 0 Å². The van der Waals surface area contributed by atoms with E-state index in [1.54, 1.807) is 43.3 Å². The van der Waals surface area contributed by atoms with Gasteiger partial charge in [0.05, 0.1) is 32.9 Å². The van der Waals surface area contributed by atoms with Gasteiger partial charge in [0, 0.05) is 40.0 Å². The number of esters is 1. The summed E-state index contributed by atoms with van der Waals surface area (Å²) in [5, 5.41) is 22.4. The summed E-state index contributed by atoms with van der Waals surface area (Å²) in [4.78, 5) is 16.4. The summed E-state index contributed by atoms with van der Waals surface area (Å²) in [6, 6.07) is 17.9. The molecule has 8 heteroatoms. The summed E-state index contributed by atoms with van der Waals surface area (Å²) in [5.74, 6) is 0.390. The summed E-state index contributed by atoms with van der Waals surface area (Å²) in [6.07, 6.45) is 1.42. The van der Waals surface area contributed by atoms with E-state index in [-0.39, 0.29) is 28.4 Å². The first-order valence-corrected chi connectivity index (χ1v) is 10.3. The fraction of sp³-hybridized carbons (Fsp3) is 0.231. The average molecular weight is 513 g/mol. The van der Waals surface area contributed by atoms with Gasteiger partial charge in [-0.2, -0.15) is 0 Å². The molecule has 0 heterocycles. The van der Waals surface area contributed by atoms with Crippen molar-refractivity contribution in [1.82, 2.24) is 0 Å². The van der Waals surface area contributed by atoms with Crippen molar-refractivity contribution < 1.29 is 46.3 Å². The first kappa shape index (κ1) is 26.9. The Bertz CT molecular complexity index is 1120. The molecule has 183 valence electrons. The minimum absolute atomic E-state index is 0. The SMILES string of the molecule is COC(=O)c1ccc(O)c(C=N[C@H](C)C(O)(c2ccccc2OC)c2ccccc2OC)c1.[Cu]. The van der Waals surface area contributed by atoms with E-state index in [4.69, 9.17) is 14.2 Å². The van der Waals surface area contributed by atoms with Crippen molar-refractivity contribution in [2.45, 2.75) is 18.6 Å². The summed E-state index contributed by atoms with van der Waals surface area (Å²) in [7, 11) is 4.35. The number of para-hydroxylation sites is 2. The van der Waals surface area contributed by atoms with Crippen LogP contribution in [0.5, 0.6) is 17.2 Å². The first-order chi connectivity index (χ1) is 15.9. The molecular formula is C26H27CuNO6. The second-order valence-corrected chi connectivity index (χ2v) is 7.39. The van der Waals surface area contributed by atoms with Crippen LogP contribution < -0.4 is 9.47 Å². The Morgan fingerprint density at radius 1 is 0.941 bits per heavy atom. The molecule has 2 N–H and O–H groups in total. The van der Waals surface area contributed by atoms with Gasteiger partial charge in [-0.1, -0.05) is 36.4 Å². The number of methoxy groups -OCH3 is 3. The van der Waals surface area contributed by atoms with E-state index in [1.165, 1.54) is 45.7 Å². The number of carbonyl (C=O) groups is 1. The number of aromatic hydroxyl groups is 1. The standard InChI is InChI=1S/C26H27NO6.Cu/c1-17(27-16-19-15-18(25(29)33-4)13-14-22(19)28)26(30,20-9-5-7-11-23(20)31-2)21-10-6-8-12-24(21)32-3;/h5-17,28,30H,1-4H3;/t17-;/m1./s1. The first-order valence-electron chi connectivity index (χ1n) is 10.3. The topological polar surface area (TPSA) is 97.6 Å². The van der Waals surface area contributed by atoms with Gasteiger partial charge in [-0.15, -0.1) is 0 Å². The summed E-state index contributed by atoms with van der Waals surface area (Å²) in [5.41, 5.74) is -0.0321. The van der Waals surface area contributed by atoms with Crippen molar-refractivity contribution in [2.24, 2.45) is 4.99 Å². The Morgan fingerprint density at radius 2 is 1.47 bits per heavy atom. The second kappa shape index (κ2) is 11.7. The number of benzene rings is 3. The van der Waals surface area contributed by atoms with Crippen molar-refractivity contribution in [3.63, 3.8) is 0 Å². The van der Waals surface area contributed by atoms with Gasteiger partial charge in [0.15, 0.2) is 0 Å². The number of hydrogen-bond acceptors (Lipinski definition) is 7.